The zero-order chi connectivity index (χ0) is 44.2. The molecule has 0 N–H and O–H groups in total. The summed E-state index contributed by atoms with van der Waals surface area (Å²) >= 11 is 4.24. The number of nitrogens with zero attached hydrogens (tertiary/aromatic N) is 1. The van der Waals surface area contributed by atoms with Gasteiger partial charge < -0.3 is 0 Å². The molecule has 0 bridgehead atoms. The summed E-state index contributed by atoms with van der Waals surface area (Å²) in [6.07, 6.45) is -3.14. The molecule has 0 atom stereocenters. The Bertz CT molecular complexity index is 2260. The molecule has 0 saturated heterocycles. The lowest BCUT2D eigenvalue weighted by Crippen LogP contribution is -2.81. The molecule has 0 radical (unpaired) electrons. The largest absolute Gasteiger partial charge is 0.207 e. The first-order valence-electron chi connectivity index (χ1n) is 15.5. The van der Waals surface area contributed by atoms with E-state index in [0.29, 0.717) is 0 Å². The Hall–Kier alpha value is -5.74. The Balaban J connectivity index is 0.000000395. The molecule has 23 heteroatoms. The van der Waals surface area contributed by atoms with Crippen molar-refractivity contribution in [1.29, 1.82) is 0 Å². The maximum absolute atomic E-state index is 15.4. The van der Waals surface area contributed by atoms with Crippen LogP contribution in [0.15, 0.2) is 59.8 Å². The van der Waals surface area contributed by atoms with Crippen LogP contribution in [0.1, 0.15) is 5.56 Å². The summed E-state index contributed by atoms with van der Waals surface area (Å²) in [7, 11) is 0. The molecule has 0 unspecified atom stereocenters. The Morgan fingerprint density at radius 1 is 0.322 bits per heavy atom. The second-order valence-corrected chi connectivity index (χ2v) is 12.5. The lowest BCUT2D eigenvalue weighted by molar-refractivity contribution is -0.688. The minimum absolute atomic E-state index is 0.912. The highest BCUT2D eigenvalue weighted by atomic mass is 32.1. The highest BCUT2D eigenvalue weighted by Crippen LogP contribution is 2.30. The normalized spacial score (nSPS) is 11.5. The van der Waals surface area contributed by atoms with E-state index < -0.39 is 144 Å². The third-order valence-electron chi connectivity index (χ3n) is 8.79. The summed E-state index contributed by atoms with van der Waals surface area (Å²) in [4.78, 5) is 0.995. The minimum atomic E-state index is -7.22. The molecule has 0 aliphatic carbocycles. The van der Waals surface area contributed by atoms with E-state index >= 15 is 35.1 Å². The molecule has 59 heavy (non-hydrogen) atoms. The topological polar surface area (TPSA) is 3.88 Å². The van der Waals surface area contributed by atoms with E-state index in [9.17, 15) is 52.7 Å². The fourth-order valence-corrected chi connectivity index (χ4v) is 6.36. The summed E-state index contributed by atoms with van der Waals surface area (Å²) in [6.45, 7) is 0.912. The summed E-state index contributed by atoms with van der Waals surface area (Å²) in [5, 5.41) is 0. The SMILES string of the molecule is Fc1c(F)c(F)c([B-](c2c(F)c(F)c(F)c(F)c2F)(c2c(F)c(F)c(F)c(F)c2F)c2c(F)c(F)c(F)c(F)c2F)c(F)c1F.Sc1cc[n+](Cc2ccccc2)cc1. The van der Waals surface area contributed by atoms with Crippen LogP contribution in [0.4, 0.5) is 87.8 Å². The van der Waals surface area contributed by atoms with Crippen LogP contribution in [0.3, 0.4) is 0 Å². The van der Waals surface area contributed by atoms with Gasteiger partial charge >= 0.3 is 0 Å². The van der Waals surface area contributed by atoms with Gasteiger partial charge in [0, 0.05) is 22.6 Å². The molecular weight excluding hydrogens is 869 g/mol. The van der Waals surface area contributed by atoms with Crippen LogP contribution >= 0.6 is 12.6 Å². The molecule has 0 amide bonds. The number of pyridine rings is 1. The lowest BCUT2D eigenvalue weighted by Gasteiger charge is -2.44. The van der Waals surface area contributed by atoms with Crippen LogP contribution in [0.2, 0.25) is 0 Å². The quantitative estimate of drug-likeness (QED) is 0.0431. The summed E-state index contributed by atoms with van der Waals surface area (Å²) in [5.41, 5.74) is -13.0. The van der Waals surface area contributed by atoms with E-state index in [1.807, 2.05) is 30.6 Å². The van der Waals surface area contributed by atoms with Crippen molar-refractivity contribution in [2.24, 2.45) is 0 Å². The average Bonchev–Trinajstić information content (AvgIpc) is 3.22. The monoisotopic (exact) mass is 881 g/mol. The number of halogens is 20. The van der Waals surface area contributed by atoms with E-state index in [2.05, 4.69) is 41.5 Å². The van der Waals surface area contributed by atoms with Crippen molar-refractivity contribution in [3.05, 3.63) is 177 Å². The maximum Gasteiger partial charge on any atom is 0.200 e. The van der Waals surface area contributed by atoms with Gasteiger partial charge in [-0.2, -0.15) is 0 Å². The van der Waals surface area contributed by atoms with E-state index in [1.165, 1.54) is 5.56 Å². The van der Waals surface area contributed by atoms with E-state index in [4.69, 9.17) is 0 Å². The van der Waals surface area contributed by atoms with Gasteiger partial charge in [0.05, 0.1) is 0 Å². The van der Waals surface area contributed by atoms with E-state index in [-0.39, 0.29) is 0 Å². The Labute approximate surface area is 321 Å². The predicted molar refractivity (Wildman–Crippen MR) is 169 cm³/mol. The van der Waals surface area contributed by atoms with E-state index in [1.54, 1.807) is 0 Å². The molecular formula is C36H12BF20NS. The van der Waals surface area contributed by atoms with Gasteiger partial charge in [-0.1, -0.05) is 30.3 Å². The van der Waals surface area contributed by atoms with Gasteiger partial charge in [0.15, 0.2) is 88.7 Å². The second-order valence-electron chi connectivity index (χ2n) is 12.0. The van der Waals surface area contributed by atoms with Crippen molar-refractivity contribution < 1.29 is 92.4 Å². The van der Waals surface area contributed by atoms with Gasteiger partial charge in [0.25, 0.3) is 0 Å². The van der Waals surface area contributed by atoms with Gasteiger partial charge in [0.1, 0.15) is 52.7 Å². The maximum atomic E-state index is 15.4. The second kappa shape index (κ2) is 16.5. The number of hydrogen-bond donors (Lipinski definition) is 1. The fraction of sp³-hybridized carbons (Fsp3) is 0.0278. The predicted octanol–water partition coefficient (Wildman–Crippen LogP) is 8.16. The van der Waals surface area contributed by atoms with Gasteiger partial charge in [-0.25, -0.2) is 92.4 Å². The third-order valence-corrected chi connectivity index (χ3v) is 9.09. The number of benzene rings is 5. The highest BCUT2D eigenvalue weighted by molar-refractivity contribution is 7.80. The van der Waals surface area contributed by atoms with Crippen molar-refractivity contribution in [3.8, 4) is 0 Å². The summed E-state index contributed by atoms with van der Waals surface area (Å²) < 4.78 is 296. The summed E-state index contributed by atoms with van der Waals surface area (Å²) in [6, 6.07) is 14.4. The molecule has 6 rings (SSSR count). The van der Waals surface area contributed by atoms with Crippen LogP contribution in [0.25, 0.3) is 0 Å². The molecule has 0 fully saturated rings. The molecule has 310 valence electrons. The van der Waals surface area contributed by atoms with Gasteiger partial charge in [-0.05, 0) is 0 Å². The number of thiol groups is 1. The standard InChI is InChI=1S/C24BF20.C12H11NS/c26-5-1(6(27)14(35)21(42)13(5)34)25(2-7(28)15(36)22(43)16(37)8(2)29,3-9(30)17(38)23(44)18(39)10(3)31)4-11(32)19(40)24(45)20(41)12(4)33;14-12-6-8-13(9-7-12)10-11-4-2-1-3-5-11/h;1-9H,10H2/q-1;/p+1. The minimum Gasteiger partial charge on any atom is -0.207 e. The Kier molecular flexibility index (Phi) is 12.4. The number of aromatic nitrogens is 1. The molecule has 0 spiro atoms. The fourth-order valence-electron chi connectivity index (χ4n) is 6.22. The molecule has 1 nitrogen and oxygen atoms in total. The first-order chi connectivity index (χ1) is 27.5. The first-order valence-corrected chi connectivity index (χ1v) is 15.9. The Morgan fingerprint density at radius 2 is 0.542 bits per heavy atom. The molecule has 0 aliphatic heterocycles. The average molecular weight is 881 g/mol. The van der Waals surface area contributed by atoms with Crippen molar-refractivity contribution in [2.45, 2.75) is 11.4 Å². The zero-order valence-corrected chi connectivity index (χ0v) is 28.8. The highest BCUT2D eigenvalue weighted by Gasteiger charge is 2.52. The number of hydrogen-bond acceptors (Lipinski definition) is 1. The van der Waals surface area contributed by atoms with Crippen LogP contribution in [0.5, 0.6) is 0 Å². The van der Waals surface area contributed by atoms with Gasteiger partial charge in [-0.3, -0.25) is 0 Å². The smallest absolute Gasteiger partial charge is 0.200 e. The summed E-state index contributed by atoms with van der Waals surface area (Å²) in [5.74, 6) is -71.4. The lowest BCUT2D eigenvalue weighted by atomic mass is 9.12. The van der Waals surface area contributed by atoms with Crippen molar-refractivity contribution in [2.75, 3.05) is 0 Å². The van der Waals surface area contributed by atoms with Crippen molar-refractivity contribution in [3.63, 3.8) is 0 Å². The Morgan fingerprint density at radius 3 is 0.780 bits per heavy atom. The molecule has 5 aromatic carbocycles. The van der Waals surface area contributed by atoms with Crippen LogP contribution in [-0.2, 0) is 6.54 Å². The molecule has 0 aliphatic rings. The zero-order valence-electron chi connectivity index (χ0n) is 27.9. The van der Waals surface area contributed by atoms with Crippen molar-refractivity contribution in [1.82, 2.24) is 0 Å². The van der Waals surface area contributed by atoms with Gasteiger partial charge in [0.2, 0.25) is 0 Å². The first kappa shape index (κ1) is 44.4. The van der Waals surface area contributed by atoms with Gasteiger partial charge in [-0.15, -0.1) is 34.5 Å². The van der Waals surface area contributed by atoms with Crippen molar-refractivity contribution >= 4 is 40.6 Å². The van der Waals surface area contributed by atoms with Crippen LogP contribution in [0, 0.1) is 116 Å². The molecule has 1 aromatic heterocycles. The molecule has 0 saturated carbocycles. The van der Waals surface area contributed by atoms with E-state index in [0.717, 1.165) is 11.4 Å². The van der Waals surface area contributed by atoms with Crippen LogP contribution < -0.4 is 26.4 Å². The molecule has 1 heterocycles. The van der Waals surface area contributed by atoms with Crippen LogP contribution in [-0.4, -0.2) is 6.15 Å². The number of rotatable bonds is 6. The molecule has 6 aromatic rings. The third kappa shape index (κ3) is 7.11.